The van der Waals surface area contributed by atoms with Crippen LogP contribution in [0.5, 0.6) is 0 Å². The molecular formula is C19H24N6O3. The Kier molecular flexibility index (Phi) is 5.47. The van der Waals surface area contributed by atoms with Gasteiger partial charge in [-0.3, -0.25) is 9.69 Å². The predicted octanol–water partition coefficient (Wildman–Crippen LogP) is 0.891. The molecule has 1 aromatic carbocycles. The van der Waals surface area contributed by atoms with Crippen molar-refractivity contribution in [1.29, 1.82) is 0 Å². The molecule has 4 rings (SSSR count). The van der Waals surface area contributed by atoms with E-state index in [-0.39, 0.29) is 11.6 Å². The Morgan fingerprint density at radius 2 is 2.14 bits per heavy atom. The van der Waals surface area contributed by atoms with E-state index in [1.165, 1.54) is 0 Å². The molecule has 0 amide bonds. The van der Waals surface area contributed by atoms with E-state index in [0.29, 0.717) is 50.8 Å². The minimum absolute atomic E-state index is 0.125. The molecule has 1 fully saturated rings. The van der Waals surface area contributed by atoms with E-state index in [0.717, 1.165) is 16.5 Å². The lowest BCUT2D eigenvalue weighted by Crippen LogP contribution is -2.42. The summed E-state index contributed by atoms with van der Waals surface area (Å²) in [6.07, 6.45) is 0. The summed E-state index contributed by atoms with van der Waals surface area (Å²) >= 11 is 0. The van der Waals surface area contributed by atoms with Gasteiger partial charge in [-0.1, -0.05) is 18.2 Å². The first-order chi connectivity index (χ1) is 13.7. The quantitative estimate of drug-likeness (QED) is 0.674. The van der Waals surface area contributed by atoms with Gasteiger partial charge in [-0.2, -0.15) is 0 Å². The van der Waals surface area contributed by atoms with Gasteiger partial charge in [0.2, 0.25) is 0 Å². The normalized spacial score (nSPS) is 16.5. The number of morpholine rings is 1. The number of para-hydroxylation sites is 1. The molecular weight excluding hydrogens is 360 g/mol. The van der Waals surface area contributed by atoms with Crippen molar-refractivity contribution in [1.82, 2.24) is 30.1 Å². The maximum absolute atomic E-state index is 13.1. The molecule has 0 saturated carbocycles. The van der Waals surface area contributed by atoms with E-state index < -0.39 is 0 Å². The smallest absolute Gasteiger partial charge is 0.253 e. The number of H-pyrrole nitrogens is 1. The average Bonchev–Trinajstić information content (AvgIpc) is 3.17. The van der Waals surface area contributed by atoms with Crippen LogP contribution in [0.25, 0.3) is 10.9 Å². The highest BCUT2D eigenvalue weighted by molar-refractivity contribution is 5.82. The van der Waals surface area contributed by atoms with Crippen LogP contribution in [0.1, 0.15) is 23.0 Å². The lowest BCUT2D eigenvalue weighted by atomic mass is 10.0. The van der Waals surface area contributed by atoms with Crippen molar-refractivity contribution in [3.05, 3.63) is 51.6 Å². The summed E-state index contributed by atoms with van der Waals surface area (Å²) in [6.45, 7) is 5.62. The molecule has 9 heteroatoms. The maximum atomic E-state index is 13.1. The van der Waals surface area contributed by atoms with E-state index in [4.69, 9.17) is 9.47 Å². The van der Waals surface area contributed by atoms with Gasteiger partial charge in [0.05, 0.1) is 31.9 Å². The summed E-state index contributed by atoms with van der Waals surface area (Å²) in [4.78, 5) is 18.3. The summed E-state index contributed by atoms with van der Waals surface area (Å²) < 4.78 is 12.4. The Hall–Kier alpha value is -2.62. The Morgan fingerprint density at radius 1 is 1.32 bits per heavy atom. The van der Waals surface area contributed by atoms with E-state index >= 15 is 0 Å². The summed E-state index contributed by atoms with van der Waals surface area (Å²) in [7, 11) is 1.64. The number of aromatic nitrogens is 5. The first-order valence-corrected chi connectivity index (χ1v) is 9.38. The van der Waals surface area contributed by atoms with Gasteiger partial charge < -0.3 is 14.5 Å². The molecule has 1 N–H and O–H groups in total. The monoisotopic (exact) mass is 384 g/mol. The van der Waals surface area contributed by atoms with Crippen molar-refractivity contribution >= 4 is 10.9 Å². The van der Waals surface area contributed by atoms with E-state index in [1.54, 1.807) is 11.8 Å². The molecule has 0 aliphatic carbocycles. The standard InChI is InChI=1S/C19H24N6O3/c1-13-4-3-5-14-12-15(19(26)20-16(13)14)17(24-6-10-28-11-7-24)18-21-22-23-25(18)8-9-27-2/h3-5,12,17H,6-11H2,1-2H3,(H,20,26)/t17-/m0/s1. The van der Waals surface area contributed by atoms with E-state index in [9.17, 15) is 4.79 Å². The second-order valence-electron chi connectivity index (χ2n) is 6.90. The number of hydrogen-bond donors (Lipinski definition) is 1. The minimum Gasteiger partial charge on any atom is -0.383 e. The van der Waals surface area contributed by atoms with Gasteiger partial charge in [-0.05, 0) is 34.4 Å². The first-order valence-electron chi connectivity index (χ1n) is 9.38. The summed E-state index contributed by atoms with van der Waals surface area (Å²) in [5.74, 6) is 0.636. The number of aryl methyl sites for hydroxylation is 1. The molecule has 0 radical (unpaired) electrons. The van der Waals surface area contributed by atoms with Crippen molar-refractivity contribution in [3.8, 4) is 0 Å². The number of hydrogen-bond acceptors (Lipinski definition) is 7. The highest BCUT2D eigenvalue weighted by Gasteiger charge is 2.31. The Balaban J connectivity index is 1.84. The number of aromatic amines is 1. The lowest BCUT2D eigenvalue weighted by Gasteiger charge is -2.33. The number of fused-ring (bicyclic) bond motifs is 1. The molecule has 1 atom stereocenters. The van der Waals surface area contributed by atoms with Gasteiger partial charge in [-0.25, -0.2) is 4.68 Å². The Labute approximate surface area is 162 Å². The van der Waals surface area contributed by atoms with Crippen LogP contribution >= 0.6 is 0 Å². The predicted molar refractivity (Wildman–Crippen MR) is 103 cm³/mol. The summed E-state index contributed by atoms with van der Waals surface area (Å²) in [5.41, 5.74) is 2.40. The average molecular weight is 384 g/mol. The van der Waals surface area contributed by atoms with Crippen molar-refractivity contribution < 1.29 is 9.47 Å². The molecule has 0 unspecified atom stereocenters. The van der Waals surface area contributed by atoms with Crippen LogP contribution in [0.3, 0.4) is 0 Å². The number of methoxy groups -OCH3 is 1. The highest BCUT2D eigenvalue weighted by Crippen LogP contribution is 2.27. The molecule has 0 bridgehead atoms. The molecule has 1 aliphatic heterocycles. The van der Waals surface area contributed by atoms with Gasteiger partial charge >= 0.3 is 0 Å². The van der Waals surface area contributed by atoms with Gasteiger partial charge in [0, 0.05) is 25.8 Å². The van der Waals surface area contributed by atoms with E-state index in [2.05, 4.69) is 25.4 Å². The lowest BCUT2D eigenvalue weighted by molar-refractivity contribution is 0.0211. The van der Waals surface area contributed by atoms with Gasteiger partial charge in [0.1, 0.15) is 6.04 Å². The fourth-order valence-corrected chi connectivity index (χ4v) is 3.68. The molecule has 3 aromatic rings. The Bertz CT molecular complexity index is 1010. The minimum atomic E-state index is -0.357. The third-order valence-corrected chi connectivity index (χ3v) is 5.13. The molecule has 2 aromatic heterocycles. The van der Waals surface area contributed by atoms with Crippen molar-refractivity contribution in [3.63, 3.8) is 0 Å². The zero-order chi connectivity index (χ0) is 19.5. The number of nitrogens with zero attached hydrogens (tertiary/aromatic N) is 5. The SMILES string of the molecule is COCCn1nnnc1[C@H](c1cc2cccc(C)c2[nH]c1=O)N1CCOCC1. The topological polar surface area (TPSA) is 98.2 Å². The van der Waals surface area contributed by atoms with Gasteiger partial charge in [-0.15, -0.1) is 5.10 Å². The van der Waals surface area contributed by atoms with Crippen molar-refractivity contribution in [2.24, 2.45) is 0 Å². The Morgan fingerprint density at radius 3 is 2.93 bits per heavy atom. The molecule has 1 saturated heterocycles. The molecule has 9 nitrogen and oxygen atoms in total. The van der Waals surface area contributed by atoms with Gasteiger partial charge in [0.15, 0.2) is 5.82 Å². The summed E-state index contributed by atoms with van der Waals surface area (Å²) in [6, 6.07) is 7.58. The van der Waals surface area contributed by atoms with Crippen LogP contribution in [0.15, 0.2) is 29.1 Å². The second-order valence-corrected chi connectivity index (χ2v) is 6.90. The third-order valence-electron chi connectivity index (χ3n) is 5.13. The zero-order valence-electron chi connectivity index (χ0n) is 16.1. The van der Waals surface area contributed by atoms with Gasteiger partial charge in [0.25, 0.3) is 5.56 Å². The largest absolute Gasteiger partial charge is 0.383 e. The number of pyridine rings is 1. The number of nitrogens with one attached hydrogen (secondary N) is 1. The molecule has 0 spiro atoms. The second kappa shape index (κ2) is 8.17. The third kappa shape index (κ3) is 3.56. The molecule has 3 heterocycles. The first kappa shape index (κ1) is 18.7. The van der Waals surface area contributed by atoms with E-state index in [1.807, 2.05) is 31.2 Å². The van der Waals surface area contributed by atoms with Crippen LogP contribution in [0.2, 0.25) is 0 Å². The van der Waals surface area contributed by atoms with Crippen molar-refractivity contribution in [2.75, 3.05) is 40.0 Å². The van der Waals surface area contributed by atoms with Crippen LogP contribution in [0.4, 0.5) is 0 Å². The van der Waals surface area contributed by atoms with Crippen LogP contribution < -0.4 is 5.56 Å². The number of tetrazole rings is 1. The fraction of sp³-hybridized carbons (Fsp3) is 0.474. The fourth-order valence-electron chi connectivity index (χ4n) is 3.68. The number of rotatable bonds is 6. The van der Waals surface area contributed by atoms with Crippen molar-refractivity contribution in [2.45, 2.75) is 19.5 Å². The molecule has 28 heavy (non-hydrogen) atoms. The number of ether oxygens (including phenoxy) is 2. The zero-order valence-corrected chi connectivity index (χ0v) is 16.1. The maximum Gasteiger partial charge on any atom is 0.253 e. The number of benzene rings is 1. The molecule has 148 valence electrons. The highest BCUT2D eigenvalue weighted by atomic mass is 16.5. The van der Waals surface area contributed by atoms with Crippen LogP contribution in [0, 0.1) is 6.92 Å². The molecule has 1 aliphatic rings. The summed E-state index contributed by atoms with van der Waals surface area (Å²) in [5, 5.41) is 13.2. The van der Waals surface area contributed by atoms with Crippen LogP contribution in [-0.4, -0.2) is 70.1 Å². The van der Waals surface area contributed by atoms with Crippen LogP contribution in [-0.2, 0) is 16.0 Å².